The molecule has 0 saturated heterocycles. The predicted molar refractivity (Wildman–Crippen MR) is 115 cm³/mol. The molecule has 4 aromatic rings. The molecule has 0 bridgehead atoms. The minimum atomic E-state index is -4.06. The van der Waals surface area contributed by atoms with Gasteiger partial charge in [0.15, 0.2) is 5.76 Å². The normalized spacial score (nSPS) is 12.3. The van der Waals surface area contributed by atoms with E-state index >= 15 is 0 Å². The fourth-order valence-corrected chi connectivity index (χ4v) is 4.49. The molecule has 0 radical (unpaired) electrons. The van der Waals surface area contributed by atoms with Crippen LogP contribution in [0.5, 0.6) is 0 Å². The first-order chi connectivity index (χ1) is 14.3. The number of sulfonamides is 1. The lowest BCUT2D eigenvalue weighted by atomic mass is 10.1. The number of carbonyl (C=O) groups is 1. The number of hydrogen-bond donors (Lipinski definition) is 0. The van der Waals surface area contributed by atoms with Crippen LogP contribution >= 0.6 is 23.2 Å². The second-order valence-electron chi connectivity index (χ2n) is 6.33. The number of ketones is 1. The number of hydrogen-bond acceptors (Lipinski definition) is 4. The quantitative estimate of drug-likeness (QED) is 0.391. The van der Waals surface area contributed by atoms with Gasteiger partial charge in [0.25, 0.3) is 10.0 Å². The average molecular weight is 458 g/mol. The van der Waals surface area contributed by atoms with Crippen molar-refractivity contribution in [1.29, 1.82) is 0 Å². The Hall–Kier alpha value is -2.93. The largest absolute Gasteiger partial charge is 0.452 e. The summed E-state index contributed by atoms with van der Waals surface area (Å²) >= 11 is 12.4. The molecule has 1 aromatic heterocycles. The first kappa shape index (κ1) is 20.3. The topological polar surface area (TPSA) is 76.7 Å². The summed E-state index contributed by atoms with van der Waals surface area (Å²) in [5, 5.41) is 0.658. The Morgan fingerprint density at radius 3 is 2.17 bits per heavy atom. The Morgan fingerprint density at radius 1 is 0.867 bits per heavy atom. The van der Waals surface area contributed by atoms with Crippen molar-refractivity contribution in [2.45, 2.75) is 4.90 Å². The van der Waals surface area contributed by atoms with Gasteiger partial charge in [-0.1, -0.05) is 71.7 Å². The van der Waals surface area contributed by atoms with E-state index in [1.54, 1.807) is 48.5 Å². The van der Waals surface area contributed by atoms with Crippen LogP contribution in [0.25, 0.3) is 11.0 Å². The Kier molecular flexibility index (Phi) is 5.47. The minimum absolute atomic E-state index is 0.0129. The summed E-state index contributed by atoms with van der Waals surface area (Å²) in [4.78, 5) is 12.9. The second kappa shape index (κ2) is 8.07. The lowest BCUT2D eigenvalue weighted by Gasteiger charge is -2.07. The van der Waals surface area contributed by atoms with Crippen LogP contribution in [-0.4, -0.2) is 14.2 Å². The fourth-order valence-electron chi connectivity index (χ4n) is 2.91. The van der Waals surface area contributed by atoms with Crippen molar-refractivity contribution in [1.82, 2.24) is 0 Å². The van der Waals surface area contributed by atoms with E-state index in [4.69, 9.17) is 27.6 Å². The Morgan fingerprint density at radius 2 is 1.50 bits per heavy atom. The zero-order chi connectivity index (χ0) is 21.3. The van der Waals surface area contributed by atoms with Crippen molar-refractivity contribution < 1.29 is 17.6 Å². The third-order valence-electron chi connectivity index (χ3n) is 4.28. The highest BCUT2D eigenvalue weighted by molar-refractivity contribution is 7.90. The van der Waals surface area contributed by atoms with Gasteiger partial charge in [0.05, 0.1) is 20.7 Å². The molecule has 1 heterocycles. The number of carbonyl (C=O) groups excluding carboxylic acids is 1. The first-order valence-corrected chi connectivity index (χ1v) is 10.9. The summed E-state index contributed by atoms with van der Waals surface area (Å²) in [7, 11) is -4.06. The molecule has 0 fully saturated rings. The Bertz CT molecular complexity index is 1430. The van der Waals surface area contributed by atoms with Gasteiger partial charge in [0, 0.05) is 22.7 Å². The highest BCUT2D eigenvalue weighted by Gasteiger charge is 2.18. The molecule has 0 N–H and O–H groups in total. The van der Waals surface area contributed by atoms with E-state index in [1.807, 2.05) is 0 Å². The zero-order valence-electron chi connectivity index (χ0n) is 15.2. The molecule has 5 nitrogen and oxygen atoms in total. The standard InChI is InChI=1S/C22H13Cl2NO4S/c23-15-11-17(24)21-18(25-30(27,28)16-9-5-2-6-10-16)13-20(29-19(21)12-15)22(26)14-7-3-1-4-8-14/h1-13H/b25-18+. The van der Waals surface area contributed by atoms with E-state index in [-0.39, 0.29) is 37.0 Å². The molecule has 0 aliphatic rings. The van der Waals surface area contributed by atoms with Crippen LogP contribution in [0, 0.1) is 0 Å². The van der Waals surface area contributed by atoms with E-state index in [1.165, 1.54) is 30.3 Å². The summed E-state index contributed by atoms with van der Waals surface area (Å²) in [6.07, 6.45) is 0. The van der Waals surface area contributed by atoms with Crippen LogP contribution < -0.4 is 5.36 Å². The lowest BCUT2D eigenvalue weighted by molar-refractivity contribution is 0.101. The molecule has 0 spiro atoms. The lowest BCUT2D eigenvalue weighted by Crippen LogP contribution is -2.13. The first-order valence-electron chi connectivity index (χ1n) is 8.74. The molecule has 150 valence electrons. The van der Waals surface area contributed by atoms with E-state index in [2.05, 4.69) is 4.40 Å². The highest BCUT2D eigenvalue weighted by Crippen LogP contribution is 2.27. The molecule has 0 aliphatic heterocycles. The van der Waals surface area contributed by atoms with Crippen molar-refractivity contribution in [3.63, 3.8) is 0 Å². The Balaban J connectivity index is 2.02. The highest BCUT2D eigenvalue weighted by atomic mass is 35.5. The van der Waals surface area contributed by atoms with Crippen molar-refractivity contribution in [3.8, 4) is 0 Å². The molecule has 0 unspecified atom stereocenters. The van der Waals surface area contributed by atoms with Gasteiger partial charge in [-0.25, -0.2) is 0 Å². The molecule has 3 aromatic carbocycles. The minimum Gasteiger partial charge on any atom is -0.452 e. The van der Waals surface area contributed by atoms with Crippen LogP contribution in [0.4, 0.5) is 0 Å². The van der Waals surface area contributed by atoms with Gasteiger partial charge < -0.3 is 4.42 Å². The maximum atomic E-state index is 12.9. The van der Waals surface area contributed by atoms with E-state index in [9.17, 15) is 13.2 Å². The number of fused-ring (bicyclic) bond motifs is 1. The van der Waals surface area contributed by atoms with Gasteiger partial charge in [0.1, 0.15) is 5.58 Å². The maximum absolute atomic E-state index is 12.9. The predicted octanol–water partition coefficient (Wildman–Crippen LogP) is 5.26. The molecule has 0 aliphatic carbocycles. The van der Waals surface area contributed by atoms with Gasteiger partial charge >= 0.3 is 0 Å². The molecule has 0 amide bonds. The van der Waals surface area contributed by atoms with Crippen LogP contribution in [0.1, 0.15) is 16.1 Å². The van der Waals surface area contributed by atoms with Crippen molar-refractivity contribution >= 4 is 50.0 Å². The number of halogens is 2. The molecule has 8 heteroatoms. The zero-order valence-corrected chi connectivity index (χ0v) is 17.6. The van der Waals surface area contributed by atoms with Gasteiger partial charge in [-0.05, 0) is 18.2 Å². The van der Waals surface area contributed by atoms with Gasteiger partial charge in [-0.15, -0.1) is 0 Å². The van der Waals surface area contributed by atoms with Crippen LogP contribution in [-0.2, 0) is 10.0 Å². The average Bonchev–Trinajstić information content (AvgIpc) is 2.73. The third-order valence-corrected chi connectivity index (χ3v) is 6.10. The summed E-state index contributed by atoms with van der Waals surface area (Å²) in [6.45, 7) is 0. The van der Waals surface area contributed by atoms with Crippen LogP contribution in [0.15, 0.2) is 92.6 Å². The maximum Gasteiger partial charge on any atom is 0.282 e. The molecule has 4 rings (SSSR count). The monoisotopic (exact) mass is 457 g/mol. The second-order valence-corrected chi connectivity index (χ2v) is 8.78. The molecular weight excluding hydrogens is 445 g/mol. The molecule has 30 heavy (non-hydrogen) atoms. The molecular formula is C22H13Cl2NO4S. The fraction of sp³-hybridized carbons (Fsp3) is 0. The van der Waals surface area contributed by atoms with Crippen molar-refractivity contribution in [2.24, 2.45) is 4.40 Å². The summed E-state index contributed by atoms with van der Waals surface area (Å²) in [5.41, 5.74) is 0.530. The van der Waals surface area contributed by atoms with Crippen molar-refractivity contribution in [2.75, 3.05) is 0 Å². The SMILES string of the molecule is O=C(c1ccccc1)c1c/c(=N\S(=O)(=O)c2ccccc2)c2c(Cl)cc(Cl)cc2o1. The van der Waals surface area contributed by atoms with Gasteiger partial charge in [-0.3, -0.25) is 4.79 Å². The summed E-state index contributed by atoms with van der Waals surface area (Å²) < 4.78 is 35.3. The van der Waals surface area contributed by atoms with E-state index in [0.717, 1.165) is 0 Å². The Labute approximate surface area is 182 Å². The molecule has 0 atom stereocenters. The van der Waals surface area contributed by atoms with Gasteiger partial charge in [-0.2, -0.15) is 12.8 Å². The third kappa shape index (κ3) is 4.03. The van der Waals surface area contributed by atoms with Crippen LogP contribution in [0.2, 0.25) is 10.0 Å². The smallest absolute Gasteiger partial charge is 0.282 e. The number of rotatable bonds is 4. The van der Waals surface area contributed by atoms with E-state index < -0.39 is 15.8 Å². The molecule has 0 saturated carbocycles. The number of nitrogens with zero attached hydrogens (tertiary/aromatic N) is 1. The summed E-state index contributed by atoms with van der Waals surface area (Å²) in [6, 6.07) is 20.4. The summed E-state index contributed by atoms with van der Waals surface area (Å²) in [5.74, 6) is -0.517. The number of benzene rings is 3. The van der Waals surface area contributed by atoms with Crippen molar-refractivity contribution in [3.05, 3.63) is 106 Å². The van der Waals surface area contributed by atoms with E-state index in [0.29, 0.717) is 5.56 Å². The van der Waals surface area contributed by atoms with Crippen LogP contribution in [0.3, 0.4) is 0 Å². The van der Waals surface area contributed by atoms with Gasteiger partial charge in [0.2, 0.25) is 5.78 Å².